The zero-order chi connectivity index (χ0) is 12.9. The van der Waals surface area contributed by atoms with Crippen LogP contribution in [0.3, 0.4) is 0 Å². The van der Waals surface area contributed by atoms with Gasteiger partial charge < -0.3 is 10.4 Å². The number of aliphatic hydroxyl groups is 1. The highest BCUT2D eigenvalue weighted by Gasteiger charge is 2.19. The molecule has 0 bridgehead atoms. The highest BCUT2D eigenvalue weighted by molar-refractivity contribution is 9.10. The van der Waals surface area contributed by atoms with Gasteiger partial charge in [-0.2, -0.15) is 0 Å². The van der Waals surface area contributed by atoms with Crippen LogP contribution in [0.1, 0.15) is 30.6 Å². The molecule has 0 saturated heterocycles. The van der Waals surface area contributed by atoms with E-state index in [9.17, 15) is 4.79 Å². The Morgan fingerprint density at radius 1 is 1.59 bits per heavy atom. The highest BCUT2D eigenvalue weighted by atomic mass is 79.9. The molecule has 0 aliphatic carbocycles. The molecule has 17 heavy (non-hydrogen) atoms. The van der Waals surface area contributed by atoms with Crippen molar-refractivity contribution in [2.45, 2.75) is 20.3 Å². The molecule has 0 aliphatic rings. The van der Waals surface area contributed by atoms with Crippen molar-refractivity contribution in [1.82, 2.24) is 10.3 Å². The Morgan fingerprint density at radius 3 is 2.88 bits per heavy atom. The second-order valence-corrected chi connectivity index (χ2v) is 5.41. The van der Waals surface area contributed by atoms with Crippen molar-refractivity contribution >= 4 is 21.8 Å². The van der Waals surface area contributed by atoms with Crippen LogP contribution in [0.5, 0.6) is 0 Å². The van der Waals surface area contributed by atoms with Gasteiger partial charge in [0.15, 0.2) is 0 Å². The molecule has 5 heteroatoms. The van der Waals surface area contributed by atoms with Crippen LogP contribution in [0.15, 0.2) is 22.9 Å². The lowest BCUT2D eigenvalue weighted by Crippen LogP contribution is -2.34. The van der Waals surface area contributed by atoms with Crippen molar-refractivity contribution in [2.24, 2.45) is 5.41 Å². The number of hydrogen-bond acceptors (Lipinski definition) is 3. The Hall–Kier alpha value is -0.940. The first-order valence-corrected chi connectivity index (χ1v) is 6.25. The topological polar surface area (TPSA) is 62.2 Å². The third kappa shape index (κ3) is 4.44. The summed E-state index contributed by atoms with van der Waals surface area (Å²) >= 11 is 3.24. The van der Waals surface area contributed by atoms with Crippen LogP contribution >= 0.6 is 15.9 Å². The van der Waals surface area contributed by atoms with Crippen LogP contribution in [0.25, 0.3) is 0 Å². The monoisotopic (exact) mass is 300 g/mol. The van der Waals surface area contributed by atoms with E-state index in [0.717, 1.165) is 0 Å². The summed E-state index contributed by atoms with van der Waals surface area (Å²) in [6, 6.07) is 3.43. The number of carbonyl (C=O) groups excluding carboxylic acids is 1. The van der Waals surface area contributed by atoms with Gasteiger partial charge in [0.2, 0.25) is 0 Å². The zero-order valence-electron chi connectivity index (χ0n) is 10.0. The SMILES string of the molecule is CC(C)(CCO)CNC(=O)c1cccnc1Br. The molecule has 0 saturated carbocycles. The fraction of sp³-hybridized carbons (Fsp3) is 0.500. The van der Waals surface area contributed by atoms with Crippen molar-refractivity contribution in [2.75, 3.05) is 13.2 Å². The van der Waals surface area contributed by atoms with Crippen molar-refractivity contribution in [1.29, 1.82) is 0 Å². The maximum atomic E-state index is 11.9. The van der Waals surface area contributed by atoms with E-state index < -0.39 is 0 Å². The van der Waals surface area contributed by atoms with Crippen LogP contribution < -0.4 is 5.32 Å². The first-order chi connectivity index (χ1) is 7.96. The molecule has 0 atom stereocenters. The van der Waals surface area contributed by atoms with E-state index in [1.807, 2.05) is 13.8 Å². The lowest BCUT2D eigenvalue weighted by atomic mass is 9.90. The van der Waals surface area contributed by atoms with E-state index in [1.165, 1.54) is 0 Å². The van der Waals surface area contributed by atoms with Gasteiger partial charge in [-0.1, -0.05) is 13.8 Å². The van der Waals surface area contributed by atoms with Gasteiger partial charge in [-0.25, -0.2) is 4.98 Å². The second-order valence-electron chi connectivity index (χ2n) is 4.66. The number of rotatable bonds is 5. The zero-order valence-corrected chi connectivity index (χ0v) is 11.6. The number of nitrogens with one attached hydrogen (secondary N) is 1. The Kier molecular flexibility index (Phi) is 5.08. The molecule has 0 fully saturated rings. The lowest BCUT2D eigenvalue weighted by Gasteiger charge is -2.23. The molecule has 0 unspecified atom stereocenters. The van der Waals surface area contributed by atoms with Crippen molar-refractivity contribution in [3.8, 4) is 0 Å². The Morgan fingerprint density at radius 2 is 2.29 bits per heavy atom. The van der Waals surface area contributed by atoms with E-state index in [4.69, 9.17) is 5.11 Å². The second kappa shape index (κ2) is 6.12. The Balaban J connectivity index is 2.59. The maximum absolute atomic E-state index is 11.9. The highest BCUT2D eigenvalue weighted by Crippen LogP contribution is 2.19. The molecular formula is C12H17BrN2O2. The number of amides is 1. The summed E-state index contributed by atoms with van der Waals surface area (Å²) in [6.07, 6.45) is 2.28. The minimum Gasteiger partial charge on any atom is -0.396 e. The number of aliphatic hydroxyl groups excluding tert-OH is 1. The molecule has 4 nitrogen and oxygen atoms in total. The normalized spacial score (nSPS) is 11.3. The summed E-state index contributed by atoms with van der Waals surface area (Å²) in [6.45, 7) is 4.65. The van der Waals surface area contributed by atoms with Crippen molar-refractivity contribution in [3.05, 3.63) is 28.5 Å². The predicted octanol–water partition coefficient (Wildman–Crippen LogP) is 1.98. The number of aromatic nitrogens is 1. The quantitative estimate of drug-likeness (QED) is 0.818. The van der Waals surface area contributed by atoms with Gasteiger partial charge in [-0.3, -0.25) is 4.79 Å². The number of pyridine rings is 1. The average Bonchev–Trinajstić information content (AvgIpc) is 2.27. The van der Waals surface area contributed by atoms with E-state index >= 15 is 0 Å². The summed E-state index contributed by atoms with van der Waals surface area (Å²) in [7, 11) is 0. The van der Waals surface area contributed by atoms with Crippen LogP contribution in [0, 0.1) is 5.41 Å². The van der Waals surface area contributed by atoms with Crippen LogP contribution in [-0.2, 0) is 0 Å². The molecule has 2 N–H and O–H groups in total. The summed E-state index contributed by atoms with van der Waals surface area (Å²) in [5, 5.41) is 11.7. The molecule has 1 aromatic rings. The molecular weight excluding hydrogens is 284 g/mol. The molecule has 1 amide bonds. The number of carbonyl (C=O) groups is 1. The minimum atomic E-state index is -0.156. The van der Waals surface area contributed by atoms with Gasteiger partial charge in [0.05, 0.1) is 5.56 Å². The van der Waals surface area contributed by atoms with Crippen molar-refractivity contribution in [3.63, 3.8) is 0 Å². The lowest BCUT2D eigenvalue weighted by molar-refractivity contribution is 0.0927. The number of halogens is 1. The molecule has 94 valence electrons. The molecule has 0 aliphatic heterocycles. The number of hydrogen-bond donors (Lipinski definition) is 2. The summed E-state index contributed by atoms with van der Waals surface area (Å²) in [5.74, 6) is -0.156. The third-order valence-electron chi connectivity index (χ3n) is 2.52. The van der Waals surface area contributed by atoms with E-state index in [-0.39, 0.29) is 17.9 Å². The van der Waals surface area contributed by atoms with E-state index in [0.29, 0.717) is 23.1 Å². The Labute approximate surface area is 110 Å². The van der Waals surface area contributed by atoms with Gasteiger partial charge >= 0.3 is 0 Å². The van der Waals surface area contributed by atoms with Gasteiger partial charge in [-0.05, 0) is 39.9 Å². The van der Waals surface area contributed by atoms with Gasteiger partial charge in [0, 0.05) is 19.3 Å². The predicted molar refractivity (Wildman–Crippen MR) is 69.8 cm³/mol. The molecule has 0 aromatic carbocycles. The third-order valence-corrected chi connectivity index (χ3v) is 3.15. The van der Waals surface area contributed by atoms with Crippen LogP contribution in [0.4, 0.5) is 0 Å². The largest absolute Gasteiger partial charge is 0.396 e. The standard InChI is InChI=1S/C12H17BrN2O2/c1-12(2,5-7-16)8-15-11(17)9-4-3-6-14-10(9)13/h3-4,6,16H,5,7-8H2,1-2H3,(H,15,17). The average molecular weight is 301 g/mol. The van der Waals surface area contributed by atoms with E-state index in [2.05, 4.69) is 26.2 Å². The summed E-state index contributed by atoms with van der Waals surface area (Å²) in [4.78, 5) is 15.9. The molecule has 1 heterocycles. The fourth-order valence-corrected chi connectivity index (χ4v) is 1.79. The van der Waals surface area contributed by atoms with Crippen LogP contribution in [-0.4, -0.2) is 29.1 Å². The maximum Gasteiger partial charge on any atom is 0.254 e. The summed E-state index contributed by atoms with van der Waals surface area (Å²) < 4.78 is 0.539. The number of nitrogens with zero attached hydrogens (tertiary/aromatic N) is 1. The molecule has 1 aromatic heterocycles. The molecule has 0 spiro atoms. The smallest absolute Gasteiger partial charge is 0.254 e. The fourth-order valence-electron chi connectivity index (χ4n) is 1.36. The van der Waals surface area contributed by atoms with Crippen molar-refractivity contribution < 1.29 is 9.90 Å². The van der Waals surface area contributed by atoms with Gasteiger partial charge in [-0.15, -0.1) is 0 Å². The van der Waals surface area contributed by atoms with Crippen LogP contribution in [0.2, 0.25) is 0 Å². The minimum absolute atomic E-state index is 0.112. The first-order valence-electron chi connectivity index (χ1n) is 5.46. The van der Waals surface area contributed by atoms with E-state index in [1.54, 1.807) is 18.3 Å². The molecule has 0 radical (unpaired) electrons. The summed E-state index contributed by atoms with van der Waals surface area (Å²) in [5.41, 5.74) is 0.409. The van der Waals surface area contributed by atoms with Gasteiger partial charge in [0.25, 0.3) is 5.91 Å². The molecule has 1 rings (SSSR count). The van der Waals surface area contributed by atoms with Gasteiger partial charge in [0.1, 0.15) is 4.60 Å². The first kappa shape index (κ1) is 14.1. The Bertz CT molecular complexity index is 394.